The van der Waals surface area contributed by atoms with E-state index in [2.05, 4.69) is 57.8 Å². The number of amides is 10. The predicted molar refractivity (Wildman–Crippen MR) is 320 cm³/mol. The molecule has 0 aliphatic rings. The van der Waals surface area contributed by atoms with Crippen LogP contribution in [-0.4, -0.2) is 191 Å². The Bertz CT molecular complexity index is 2620. The van der Waals surface area contributed by atoms with Crippen molar-refractivity contribution in [2.24, 2.45) is 56.0 Å². The van der Waals surface area contributed by atoms with Crippen molar-refractivity contribution >= 4 is 71.0 Å². The van der Waals surface area contributed by atoms with Gasteiger partial charge in [0.05, 0.1) is 19.3 Å². The number of phenolic OH excluding ortho intramolecular Hbond substituents is 1. The quantitative estimate of drug-likeness (QED) is 0.0167. The van der Waals surface area contributed by atoms with E-state index in [1.807, 2.05) is 13.8 Å². The highest BCUT2D eigenvalue weighted by Crippen LogP contribution is 2.14. The zero-order chi connectivity index (χ0) is 65.3. The maximum absolute atomic E-state index is 14.7. The average molecular weight is 1230 g/mol. The van der Waals surface area contributed by atoms with E-state index in [9.17, 15) is 68.4 Å². The van der Waals surface area contributed by atoms with Gasteiger partial charge < -0.3 is 108 Å². The lowest BCUT2D eigenvalue weighted by molar-refractivity contribution is -0.137. The summed E-state index contributed by atoms with van der Waals surface area (Å²) in [6.45, 7) is 4.57. The van der Waals surface area contributed by atoms with Crippen molar-refractivity contribution in [3.8, 4) is 5.75 Å². The van der Waals surface area contributed by atoms with Crippen LogP contribution in [0.25, 0.3) is 0 Å². The Morgan fingerprint density at radius 2 is 0.885 bits per heavy atom. The summed E-state index contributed by atoms with van der Waals surface area (Å²) < 4.78 is 0. The normalized spacial score (nSPS) is 14.8. The minimum Gasteiger partial charge on any atom is -0.508 e. The summed E-state index contributed by atoms with van der Waals surface area (Å²) in [5, 5.41) is 63.2. The van der Waals surface area contributed by atoms with Gasteiger partial charge in [-0.3, -0.25) is 57.9 Å². The first-order valence-electron chi connectivity index (χ1n) is 28.4. The summed E-state index contributed by atoms with van der Waals surface area (Å²) in [6.07, 6.45) is -1.18. The topological polar surface area (TPSA) is 567 Å². The molecule has 2 aromatic carbocycles. The number of guanidine groups is 2. The Labute approximate surface area is 504 Å². The number of benzene rings is 2. The molecular formula is C55H90N18O14. The average Bonchev–Trinajstić information content (AvgIpc) is 3.62. The number of hydrogen-bond donors (Lipinski definition) is 20. The number of carbonyl (C=O) groups excluding carboxylic acids is 10. The molecule has 0 heterocycles. The Morgan fingerprint density at radius 3 is 1.33 bits per heavy atom. The third kappa shape index (κ3) is 28.4. The zero-order valence-corrected chi connectivity index (χ0v) is 49.5. The lowest BCUT2D eigenvalue weighted by atomic mass is 10.0. The highest BCUT2D eigenvalue weighted by atomic mass is 16.3. The van der Waals surface area contributed by atoms with E-state index in [0.717, 1.165) is 0 Å². The van der Waals surface area contributed by atoms with E-state index in [0.29, 0.717) is 24.0 Å². The molecule has 11 atom stereocenters. The van der Waals surface area contributed by atoms with Gasteiger partial charge in [-0.15, -0.1) is 0 Å². The van der Waals surface area contributed by atoms with Crippen LogP contribution in [0.5, 0.6) is 5.75 Å². The number of phenols is 1. The fourth-order valence-electron chi connectivity index (χ4n) is 8.40. The Hall–Kier alpha value is -8.72. The number of carbonyl (C=O) groups is 10. The molecule has 0 saturated heterocycles. The fraction of sp³-hybridized carbons (Fsp3) is 0.564. The van der Waals surface area contributed by atoms with Gasteiger partial charge in [0.1, 0.15) is 66.2 Å². The van der Waals surface area contributed by atoms with Crippen LogP contribution < -0.4 is 88.0 Å². The molecule has 484 valence electrons. The number of nitrogens with one attached hydrogen (secondary N) is 9. The molecule has 0 saturated carbocycles. The molecule has 0 aromatic heterocycles. The van der Waals surface area contributed by atoms with Crippen LogP contribution in [0.15, 0.2) is 64.6 Å². The van der Waals surface area contributed by atoms with Crippen LogP contribution in [-0.2, 0) is 60.8 Å². The van der Waals surface area contributed by atoms with E-state index in [4.69, 9.17) is 40.1 Å². The summed E-state index contributed by atoms with van der Waals surface area (Å²) >= 11 is 0. The lowest BCUT2D eigenvalue weighted by Gasteiger charge is -2.28. The molecule has 32 nitrogen and oxygen atoms in total. The molecule has 27 N–H and O–H groups in total. The van der Waals surface area contributed by atoms with Gasteiger partial charge in [-0.2, -0.15) is 0 Å². The Morgan fingerprint density at radius 1 is 0.471 bits per heavy atom. The smallest absolute Gasteiger partial charge is 0.245 e. The van der Waals surface area contributed by atoms with Gasteiger partial charge in [-0.05, 0) is 101 Å². The Balaban J connectivity index is 2.53. The zero-order valence-electron chi connectivity index (χ0n) is 49.5. The number of unbranched alkanes of at least 4 members (excludes halogenated alkanes) is 1. The summed E-state index contributed by atoms with van der Waals surface area (Å²) in [6, 6.07) is -0.894. The molecule has 0 bridgehead atoms. The molecule has 0 fully saturated rings. The summed E-state index contributed by atoms with van der Waals surface area (Å²) in [5.74, 6) is -10.1. The molecule has 2 aromatic rings. The lowest BCUT2D eigenvalue weighted by Crippen LogP contribution is -2.62. The van der Waals surface area contributed by atoms with Crippen LogP contribution in [0.4, 0.5) is 0 Å². The van der Waals surface area contributed by atoms with Crippen molar-refractivity contribution in [1.29, 1.82) is 0 Å². The molecule has 10 amide bonds. The molecule has 0 aliphatic heterocycles. The van der Waals surface area contributed by atoms with Gasteiger partial charge in [0.25, 0.3) is 0 Å². The highest BCUT2D eigenvalue weighted by molar-refractivity contribution is 5.99. The SMILES string of the molecule is CC(C)C[C@H](NC(=O)[C@H](CCCN=C(N)N)NC(=O)[C@H](C)NC(=O)[C@H](CO)NC(=O)[C@H](Cc1ccccc1)NC(=O)[C@H](Cc1ccc(O)cc1)NC(=O)[C@H](CCCN=C(N)N)NC(=O)[C@@H](NC(=O)[C@H](CCCCN)NC(=O)[C@@H](N)CO)[C@@H](C)O)C(N)=O. The van der Waals surface area contributed by atoms with Gasteiger partial charge in [0, 0.05) is 25.9 Å². The van der Waals surface area contributed by atoms with Gasteiger partial charge >= 0.3 is 0 Å². The molecular weight excluding hydrogens is 1140 g/mol. The van der Waals surface area contributed by atoms with Gasteiger partial charge in [-0.1, -0.05) is 56.3 Å². The van der Waals surface area contributed by atoms with E-state index < -0.39 is 139 Å². The summed E-state index contributed by atoms with van der Waals surface area (Å²) in [7, 11) is 0. The molecule has 0 spiro atoms. The maximum Gasteiger partial charge on any atom is 0.245 e. The predicted octanol–water partition coefficient (Wildman–Crippen LogP) is -6.98. The minimum absolute atomic E-state index is 0.0178. The summed E-state index contributed by atoms with van der Waals surface area (Å²) in [4.78, 5) is 145. The van der Waals surface area contributed by atoms with E-state index >= 15 is 0 Å². The molecule has 32 heteroatoms. The monoisotopic (exact) mass is 1230 g/mol. The maximum atomic E-state index is 14.7. The number of primary amides is 1. The highest BCUT2D eigenvalue weighted by Gasteiger charge is 2.36. The number of aliphatic hydroxyl groups is 3. The van der Waals surface area contributed by atoms with Crippen molar-refractivity contribution in [3.05, 3.63) is 65.7 Å². The molecule has 0 aliphatic carbocycles. The van der Waals surface area contributed by atoms with Gasteiger partial charge in [0.15, 0.2) is 11.9 Å². The van der Waals surface area contributed by atoms with Gasteiger partial charge in [-0.25, -0.2) is 0 Å². The van der Waals surface area contributed by atoms with Crippen LogP contribution in [0.3, 0.4) is 0 Å². The van der Waals surface area contributed by atoms with E-state index in [1.54, 1.807) is 30.3 Å². The standard InChI is InChI=1S/C55H90N18O14/c1-29(2)24-39(44(58)78)69-47(81)37(15-10-22-63-54(59)60)66-45(79)30(3)65-52(86)42(28-75)72-51(85)40(25-32-12-6-5-7-13-32)71-50(84)41(26-33-17-19-34(77)20-18-33)70-48(82)38(16-11-23-64-55(61)62)68-53(87)43(31(4)76)73-49(83)36(14-8-9-21-56)67-46(80)35(57)27-74/h5-7,12-13,17-20,29-31,35-43,74-77H,8-11,14-16,21-28,56-57H2,1-4H3,(H2,58,78)(H,65,86)(H,66,79)(H,67,80)(H,68,87)(H,69,81)(H,70,82)(H,71,84)(H,72,85)(H,73,83)(H4,59,60,63)(H4,61,62,64)/t30-,31+,35-,36-,37-,38-,39-,40-,41-,42-,43-/m0/s1. The van der Waals surface area contributed by atoms with Crippen molar-refractivity contribution < 1.29 is 68.4 Å². The first-order chi connectivity index (χ1) is 41.1. The number of nitrogens with zero attached hydrogens (tertiary/aromatic N) is 2. The number of aromatic hydroxyl groups is 1. The van der Waals surface area contributed by atoms with E-state index in [1.165, 1.54) is 38.1 Å². The van der Waals surface area contributed by atoms with Crippen molar-refractivity contribution in [2.75, 3.05) is 32.8 Å². The summed E-state index contributed by atoms with van der Waals surface area (Å²) in [5.41, 5.74) is 39.6. The van der Waals surface area contributed by atoms with Gasteiger partial charge in [0.2, 0.25) is 59.1 Å². The third-order valence-electron chi connectivity index (χ3n) is 13.2. The molecule has 0 radical (unpaired) electrons. The largest absolute Gasteiger partial charge is 0.508 e. The first kappa shape index (κ1) is 74.4. The molecule has 0 unspecified atom stereocenters. The van der Waals surface area contributed by atoms with Crippen LogP contribution in [0, 0.1) is 5.92 Å². The van der Waals surface area contributed by atoms with Crippen molar-refractivity contribution in [2.45, 2.75) is 158 Å². The number of aliphatic hydroxyl groups excluding tert-OH is 3. The first-order valence-corrected chi connectivity index (χ1v) is 28.4. The minimum atomic E-state index is -1.76. The number of nitrogens with two attached hydrogens (primary N) is 7. The third-order valence-corrected chi connectivity index (χ3v) is 13.2. The second-order valence-electron chi connectivity index (χ2n) is 21.1. The van der Waals surface area contributed by atoms with Crippen LogP contribution in [0.2, 0.25) is 0 Å². The molecule has 87 heavy (non-hydrogen) atoms. The number of rotatable bonds is 40. The van der Waals surface area contributed by atoms with Crippen LogP contribution >= 0.6 is 0 Å². The second-order valence-corrected chi connectivity index (χ2v) is 21.1. The van der Waals surface area contributed by atoms with Crippen LogP contribution in [0.1, 0.15) is 90.2 Å². The van der Waals surface area contributed by atoms with E-state index in [-0.39, 0.29) is 94.6 Å². The van der Waals surface area contributed by atoms with Crippen molar-refractivity contribution in [1.82, 2.24) is 47.9 Å². The number of hydrogen-bond acceptors (Lipinski definition) is 18. The number of aliphatic imine (C=N–C) groups is 2. The second kappa shape index (κ2) is 39.1. The molecule has 2 rings (SSSR count). The Kier molecular flexibility index (Phi) is 33.4. The fourth-order valence-corrected chi connectivity index (χ4v) is 8.40. The van der Waals surface area contributed by atoms with Crippen molar-refractivity contribution in [3.63, 3.8) is 0 Å².